The van der Waals surface area contributed by atoms with Gasteiger partial charge in [-0.25, -0.2) is 0 Å². The van der Waals surface area contributed by atoms with Gasteiger partial charge in [-0.2, -0.15) is 8.78 Å². The molecule has 0 bridgehead atoms. The van der Waals surface area contributed by atoms with E-state index in [9.17, 15) is 23.8 Å². The smallest absolute Gasteiger partial charge is 0.352 e. The van der Waals surface area contributed by atoms with E-state index in [2.05, 4.69) is 5.32 Å². The molecule has 1 atom stereocenters. The largest absolute Gasteiger partial charge is 0.508 e. The number of rotatable bonds is 6. The zero-order valence-corrected chi connectivity index (χ0v) is 12.5. The Bertz CT molecular complexity index is 527. The first-order valence-corrected chi connectivity index (χ1v) is 7.44. The summed E-state index contributed by atoms with van der Waals surface area (Å²) in [6.45, 7) is 1.65. The van der Waals surface area contributed by atoms with Crippen molar-refractivity contribution in [3.05, 3.63) is 29.8 Å². The molecule has 6 heteroatoms. The molecular weight excluding hydrogens is 292 g/mol. The molecule has 0 aliphatic heterocycles. The number of phenolic OH excluding ortho intramolecular Hbond substituents is 1. The summed E-state index contributed by atoms with van der Waals surface area (Å²) >= 11 is 0. The van der Waals surface area contributed by atoms with Crippen LogP contribution < -0.4 is 5.32 Å². The molecule has 1 aliphatic rings. The van der Waals surface area contributed by atoms with E-state index in [0.29, 0.717) is 19.3 Å². The summed E-state index contributed by atoms with van der Waals surface area (Å²) in [4.78, 5) is 11.7. The minimum atomic E-state index is -3.75. The first-order valence-electron chi connectivity index (χ1n) is 7.44. The van der Waals surface area contributed by atoms with Crippen LogP contribution in [0.2, 0.25) is 0 Å². The minimum Gasteiger partial charge on any atom is -0.508 e. The number of amides is 1. The van der Waals surface area contributed by atoms with Gasteiger partial charge in [0.25, 0.3) is 5.91 Å². The summed E-state index contributed by atoms with van der Waals surface area (Å²) < 4.78 is 27.8. The van der Waals surface area contributed by atoms with Crippen LogP contribution in [-0.4, -0.2) is 33.7 Å². The van der Waals surface area contributed by atoms with Crippen LogP contribution in [0, 0.1) is 0 Å². The van der Waals surface area contributed by atoms with Crippen molar-refractivity contribution < 1.29 is 23.8 Å². The van der Waals surface area contributed by atoms with Crippen LogP contribution in [-0.2, 0) is 11.2 Å². The highest BCUT2D eigenvalue weighted by molar-refractivity contribution is 5.85. The van der Waals surface area contributed by atoms with E-state index in [1.54, 1.807) is 31.2 Å². The van der Waals surface area contributed by atoms with Gasteiger partial charge in [0, 0.05) is 6.04 Å². The number of aliphatic hydroxyl groups is 1. The molecular formula is C16H21F2NO3. The lowest BCUT2D eigenvalue weighted by Crippen LogP contribution is -2.61. The average Bonchev–Trinajstić information content (AvgIpc) is 2.43. The molecule has 1 amide bonds. The van der Waals surface area contributed by atoms with E-state index in [0.717, 1.165) is 5.56 Å². The normalized spacial score (nSPS) is 18.4. The number of hydrogen-bond acceptors (Lipinski definition) is 3. The highest BCUT2D eigenvalue weighted by Crippen LogP contribution is 2.44. The summed E-state index contributed by atoms with van der Waals surface area (Å²) in [5.74, 6) is -5.00. The Kier molecular flexibility index (Phi) is 4.70. The van der Waals surface area contributed by atoms with E-state index >= 15 is 0 Å². The van der Waals surface area contributed by atoms with Crippen molar-refractivity contribution in [2.45, 2.75) is 56.6 Å². The SMILES string of the molecule is CC(CCc1ccc(O)cc1)NC(=O)C(F)(F)C1(O)CCC1. The molecule has 0 aromatic heterocycles. The third kappa shape index (κ3) is 3.38. The van der Waals surface area contributed by atoms with Crippen LogP contribution in [0.1, 0.15) is 38.2 Å². The second-order valence-corrected chi connectivity index (χ2v) is 6.04. The zero-order chi connectivity index (χ0) is 16.4. The molecule has 1 unspecified atom stereocenters. The van der Waals surface area contributed by atoms with Crippen molar-refractivity contribution in [2.24, 2.45) is 0 Å². The van der Waals surface area contributed by atoms with Crippen LogP contribution in [0.3, 0.4) is 0 Å². The van der Waals surface area contributed by atoms with Gasteiger partial charge in [-0.15, -0.1) is 0 Å². The fraction of sp³-hybridized carbons (Fsp3) is 0.562. The molecule has 0 heterocycles. The lowest BCUT2D eigenvalue weighted by atomic mass is 9.75. The van der Waals surface area contributed by atoms with E-state index in [1.165, 1.54) is 0 Å². The Morgan fingerprint density at radius 3 is 2.45 bits per heavy atom. The molecule has 0 spiro atoms. The number of carbonyl (C=O) groups is 1. The summed E-state index contributed by atoms with van der Waals surface area (Å²) in [5.41, 5.74) is -1.24. The van der Waals surface area contributed by atoms with Crippen molar-refractivity contribution in [3.63, 3.8) is 0 Å². The molecule has 1 fully saturated rings. The van der Waals surface area contributed by atoms with Crippen molar-refractivity contribution in [1.82, 2.24) is 5.32 Å². The van der Waals surface area contributed by atoms with Crippen LogP contribution in [0.5, 0.6) is 5.75 Å². The maximum atomic E-state index is 13.9. The molecule has 2 rings (SSSR count). The molecule has 1 saturated carbocycles. The molecule has 3 N–H and O–H groups in total. The number of aryl methyl sites for hydroxylation is 1. The molecule has 22 heavy (non-hydrogen) atoms. The monoisotopic (exact) mass is 313 g/mol. The number of halogens is 2. The Morgan fingerprint density at radius 1 is 1.36 bits per heavy atom. The number of aromatic hydroxyl groups is 1. The van der Waals surface area contributed by atoms with Gasteiger partial charge in [-0.3, -0.25) is 4.79 Å². The van der Waals surface area contributed by atoms with Crippen molar-refractivity contribution in [1.29, 1.82) is 0 Å². The molecule has 1 aliphatic carbocycles. The number of benzene rings is 1. The summed E-state index contributed by atoms with van der Waals surface area (Å²) in [6.07, 6.45) is 1.50. The third-order valence-corrected chi connectivity index (χ3v) is 4.23. The van der Waals surface area contributed by atoms with Crippen LogP contribution in [0.15, 0.2) is 24.3 Å². The van der Waals surface area contributed by atoms with Gasteiger partial charge in [0.15, 0.2) is 0 Å². The van der Waals surface area contributed by atoms with Gasteiger partial charge in [0.2, 0.25) is 0 Å². The summed E-state index contributed by atoms with van der Waals surface area (Å²) in [7, 11) is 0. The van der Waals surface area contributed by atoms with Crippen molar-refractivity contribution in [3.8, 4) is 5.75 Å². The molecule has 1 aromatic carbocycles. The third-order valence-electron chi connectivity index (χ3n) is 4.23. The Hall–Kier alpha value is -1.69. The fourth-order valence-corrected chi connectivity index (χ4v) is 2.47. The summed E-state index contributed by atoms with van der Waals surface area (Å²) in [5, 5.41) is 21.2. The van der Waals surface area contributed by atoms with Gasteiger partial charge in [0.05, 0.1) is 0 Å². The standard InChI is InChI=1S/C16H21F2NO3/c1-11(3-4-12-5-7-13(20)8-6-12)19-14(21)16(17,18)15(22)9-2-10-15/h5-8,11,20,22H,2-4,9-10H2,1H3,(H,19,21). The number of hydrogen-bond donors (Lipinski definition) is 3. The fourth-order valence-electron chi connectivity index (χ4n) is 2.47. The quantitative estimate of drug-likeness (QED) is 0.755. The first kappa shape index (κ1) is 16.7. The number of carbonyl (C=O) groups excluding carboxylic acids is 1. The Balaban J connectivity index is 1.84. The predicted octanol–water partition coefficient (Wildman–Crippen LogP) is 2.38. The van der Waals surface area contributed by atoms with Crippen LogP contribution in [0.4, 0.5) is 8.78 Å². The average molecular weight is 313 g/mol. The Labute approximate surface area is 128 Å². The van der Waals surface area contributed by atoms with Crippen molar-refractivity contribution in [2.75, 3.05) is 0 Å². The highest BCUT2D eigenvalue weighted by Gasteiger charge is 2.61. The topological polar surface area (TPSA) is 69.6 Å². The zero-order valence-electron chi connectivity index (χ0n) is 12.5. The lowest BCUT2D eigenvalue weighted by molar-refractivity contribution is -0.216. The van der Waals surface area contributed by atoms with Gasteiger partial charge in [-0.05, 0) is 56.7 Å². The van der Waals surface area contributed by atoms with Gasteiger partial charge < -0.3 is 15.5 Å². The minimum absolute atomic E-state index is 0.0463. The maximum absolute atomic E-state index is 13.9. The van der Waals surface area contributed by atoms with Gasteiger partial charge in [-0.1, -0.05) is 12.1 Å². The highest BCUT2D eigenvalue weighted by atomic mass is 19.3. The van der Waals surface area contributed by atoms with E-state index in [-0.39, 0.29) is 18.6 Å². The summed E-state index contributed by atoms with van der Waals surface area (Å²) in [6, 6.07) is 6.17. The second kappa shape index (κ2) is 6.20. The predicted molar refractivity (Wildman–Crippen MR) is 77.8 cm³/mol. The maximum Gasteiger partial charge on any atom is 0.352 e. The Morgan fingerprint density at radius 2 is 1.95 bits per heavy atom. The van der Waals surface area contributed by atoms with E-state index in [4.69, 9.17) is 0 Å². The van der Waals surface area contributed by atoms with Gasteiger partial charge in [0.1, 0.15) is 11.4 Å². The number of phenols is 1. The molecule has 4 nitrogen and oxygen atoms in total. The van der Waals surface area contributed by atoms with Crippen LogP contribution >= 0.6 is 0 Å². The second-order valence-electron chi connectivity index (χ2n) is 6.04. The van der Waals surface area contributed by atoms with Crippen LogP contribution in [0.25, 0.3) is 0 Å². The van der Waals surface area contributed by atoms with Gasteiger partial charge >= 0.3 is 5.92 Å². The molecule has 0 radical (unpaired) electrons. The number of alkyl halides is 2. The lowest BCUT2D eigenvalue weighted by Gasteiger charge is -2.41. The van der Waals surface area contributed by atoms with E-state index in [1.807, 2.05) is 0 Å². The molecule has 122 valence electrons. The first-order chi connectivity index (χ1) is 10.2. The number of nitrogens with one attached hydrogen (secondary N) is 1. The molecule has 1 aromatic rings. The molecule has 0 saturated heterocycles. The van der Waals surface area contributed by atoms with Crippen molar-refractivity contribution >= 4 is 5.91 Å². The van der Waals surface area contributed by atoms with E-state index < -0.39 is 23.5 Å².